The molecule has 2 N–H and O–H groups in total. The lowest BCUT2D eigenvalue weighted by Gasteiger charge is -2.13. The molecule has 0 aliphatic rings. The summed E-state index contributed by atoms with van der Waals surface area (Å²) in [5.74, 6) is 1.42. The van der Waals surface area contributed by atoms with Crippen molar-refractivity contribution < 1.29 is 4.39 Å². The molecule has 7 heteroatoms. The molecule has 130 valence electrons. The van der Waals surface area contributed by atoms with Gasteiger partial charge in [-0.1, -0.05) is 32.0 Å². The van der Waals surface area contributed by atoms with Crippen LogP contribution in [0.3, 0.4) is 0 Å². The van der Waals surface area contributed by atoms with Gasteiger partial charge in [0, 0.05) is 31.6 Å². The highest BCUT2D eigenvalue weighted by Crippen LogP contribution is 2.07. The zero-order valence-corrected chi connectivity index (χ0v) is 14.3. The van der Waals surface area contributed by atoms with E-state index in [1.54, 1.807) is 18.5 Å². The first-order valence-corrected chi connectivity index (χ1v) is 8.36. The van der Waals surface area contributed by atoms with Gasteiger partial charge in [0.05, 0.1) is 6.54 Å². The monoisotopic (exact) mass is 332 g/mol. The van der Waals surface area contributed by atoms with Crippen LogP contribution < -0.4 is 10.6 Å². The van der Waals surface area contributed by atoms with E-state index in [1.165, 1.54) is 6.07 Å². The average Bonchev–Trinajstić information content (AvgIpc) is 3.05. The first-order chi connectivity index (χ1) is 11.7. The van der Waals surface area contributed by atoms with Crippen LogP contribution in [0.1, 0.15) is 31.7 Å². The van der Waals surface area contributed by atoms with Crippen LogP contribution in [0.15, 0.2) is 35.6 Å². The van der Waals surface area contributed by atoms with Crippen LogP contribution in [0.2, 0.25) is 0 Å². The maximum atomic E-state index is 13.7. The minimum absolute atomic E-state index is 0.229. The summed E-state index contributed by atoms with van der Waals surface area (Å²) in [6.45, 7) is 6.71. The number of aliphatic imine (C=N–C) groups is 1. The number of nitrogens with zero attached hydrogens (tertiary/aromatic N) is 4. The van der Waals surface area contributed by atoms with Gasteiger partial charge in [-0.25, -0.2) is 9.38 Å². The van der Waals surface area contributed by atoms with E-state index in [4.69, 9.17) is 0 Å². The molecule has 2 aromatic rings. The number of halogens is 1. The van der Waals surface area contributed by atoms with Gasteiger partial charge in [0.25, 0.3) is 0 Å². The lowest BCUT2D eigenvalue weighted by atomic mass is 10.2. The third kappa shape index (κ3) is 5.33. The second-order valence-electron chi connectivity index (χ2n) is 5.40. The standard InChI is InChI=1S/C17H25FN6/c1-3-9-19-17(21-12-14-7-5-6-8-15(14)18)20-10-11-24-13-22-23-16(24)4-2/h5-8,13H,3-4,9-12H2,1-2H3,(H2,19,20,21). The van der Waals surface area contributed by atoms with Gasteiger partial charge in [0.1, 0.15) is 18.0 Å². The molecule has 1 aromatic carbocycles. The minimum Gasteiger partial charge on any atom is -0.356 e. The predicted octanol–water partition coefficient (Wildman–Crippen LogP) is 2.12. The molecule has 1 aromatic heterocycles. The molecule has 1 heterocycles. The van der Waals surface area contributed by atoms with Gasteiger partial charge in [-0.15, -0.1) is 10.2 Å². The summed E-state index contributed by atoms with van der Waals surface area (Å²) >= 11 is 0. The molecule has 6 nitrogen and oxygen atoms in total. The molecule has 0 bridgehead atoms. The molecule has 0 radical (unpaired) electrons. The molecule has 2 rings (SSSR count). The number of guanidine groups is 1. The summed E-state index contributed by atoms with van der Waals surface area (Å²) < 4.78 is 15.7. The van der Waals surface area contributed by atoms with E-state index in [0.29, 0.717) is 24.6 Å². The van der Waals surface area contributed by atoms with Crippen LogP contribution in [0, 0.1) is 5.82 Å². The Balaban J connectivity index is 1.92. The van der Waals surface area contributed by atoms with E-state index in [0.717, 1.165) is 31.8 Å². The quantitative estimate of drug-likeness (QED) is 0.574. The lowest BCUT2D eigenvalue weighted by Crippen LogP contribution is -2.39. The fourth-order valence-electron chi connectivity index (χ4n) is 2.24. The smallest absolute Gasteiger partial charge is 0.191 e. The Morgan fingerprint density at radius 1 is 1.21 bits per heavy atom. The maximum Gasteiger partial charge on any atom is 0.191 e. The van der Waals surface area contributed by atoms with Crippen molar-refractivity contribution in [3.05, 3.63) is 47.8 Å². The van der Waals surface area contributed by atoms with Crippen molar-refractivity contribution in [1.29, 1.82) is 0 Å². The molecule has 0 aliphatic carbocycles. The summed E-state index contributed by atoms with van der Waals surface area (Å²) in [4.78, 5) is 4.47. The van der Waals surface area contributed by atoms with Crippen molar-refractivity contribution in [2.45, 2.75) is 39.8 Å². The van der Waals surface area contributed by atoms with Crippen molar-refractivity contribution in [3.8, 4) is 0 Å². The number of benzene rings is 1. The van der Waals surface area contributed by atoms with Gasteiger partial charge in [0.2, 0.25) is 0 Å². The number of hydrogen-bond donors (Lipinski definition) is 2. The molecule has 0 fully saturated rings. The van der Waals surface area contributed by atoms with Crippen molar-refractivity contribution in [2.24, 2.45) is 4.99 Å². The Bertz CT molecular complexity index is 652. The van der Waals surface area contributed by atoms with E-state index in [9.17, 15) is 4.39 Å². The van der Waals surface area contributed by atoms with Gasteiger partial charge >= 0.3 is 0 Å². The van der Waals surface area contributed by atoms with Gasteiger partial charge < -0.3 is 15.2 Å². The number of nitrogens with one attached hydrogen (secondary N) is 2. The van der Waals surface area contributed by atoms with Crippen molar-refractivity contribution in [1.82, 2.24) is 25.4 Å². The van der Waals surface area contributed by atoms with Crippen LogP contribution in [0.25, 0.3) is 0 Å². The minimum atomic E-state index is -0.229. The normalized spacial score (nSPS) is 11.5. The van der Waals surface area contributed by atoms with Crippen molar-refractivity contribution in [2.75, 3.05) is 13.1 Å². The highest BCUT2D eigenvalue weighted by molar-refractivity contribution is 5.79. The number of hydrogen-bond acceptors (Lipinski definition) is 3. The zero-order valence-electron chi connectivity index (χ0n) is 14.3. The van der Waals surface area contributed by atoms with Crippen LogP contribution in [0.5, 0.6) is 0 Å². The Morgan fingerprint density at radius 3 is 2.75 bits per heavy atom. The molecular formula is C17H25FN6. The summed E-state index contributed by atoms with van der Waals surface area (Å²) in [7, 11) is 0. The first kappa shape index (κ1) is 17.9. The number of aryl methyl sites for hydroxylation is 1. The second-order valence-corrected chi connectivity index (χ2v) is 5.40. The molecule has 0 spiro atoms. The highest BCUT2D eigenvalue weighted by atomic mass is 19.1. The highest BCUT2D eigenvalue weighted by Gasteiger charge is 2.04. The summed E-state index contributed by atoms with van der Waals surface area (Å²) in [5, 5.41) is 14.5. The zero-order chi connectivity index (χ0) is 17.2. The molecule has 0 unspecified atom stereocenters. The van der Waals surface area contributed by atoms with Crippen LogP contribution in [-0.2, 0) is 19.5 Å². The van der Waals surface area contributed by atoms with Crippen LogP contribution in [0.4, 0.5) is 4.39 Å². The molecule has 0 aliphatic heterocycles. The Hall–Kier alpha value is -2.44. The summed E-state index contributed by atoms with van der Waals surface area (Å²) in [6.07, 6.45) is 3.57. The maximum absolute atomic E-state index is 13.7. The van der Waals surface area contributed by atoms with Gasteiger partial charge in [-0.05, 0) is 12.5 Å². The van der Waals surface area contributed by atoms with E-state index < -0.39 is 0 Å². The van der Waals surface area contributed by atoms with Gasteiger partial charge in [-0.3, -0.25) is 0 Å². The van der Waals surface area contributed by atoms with Crippen molar-refractivity contribution in [3.63, 3.8) is 0 Å². The Morgan fingerprint density at radius 2 is 2.00 bits per heavy atom. The Kier molecular flexibility index (Phi) is 7.20. The average molecular weight is 332 g/mol. The topological polar surface area (TPSA) is 67.1 Å². The summed E-state index contributed by atoms with van der Waals surface area (Å²) in [5.41, 5.74) is 0.585. The third-order valence-electron chi connectivity index (χ3n) is 3.56. The van der Waals surface area contributed by atoms with Crippen molar-refractivity contribution >= 4 is 5.96 Å². The van der Waals surface area contributed by atoms with Crippen LogP contribution >= 0.6 is 0 Å². The predicted molar refractivity (Wildman–Crippen MR) is 93.2 cm³/mol. The summed E-state index contributed by atoms with van der Waals surface area (Å²) in [6, 6.07) is 6.71. The Labute approximate surface area is 142 Å². The van der Waals surface area contributed by atoms with Gasteiger partial charge in [0.15, 0.2) is 5.96 Å². The van der Waals surface area contributed by atoms with E-state index in [-0.39, 0.29) is 5.82 Å². The largest absolute Gasteiger partial charge is 0.356 e. The molecule has 0 saturated carbocycles. The van der Waals surface area contributed by atoms with Crippen LogP contribution in [-0.4, -0.2) is 33.8 Å². The molecular weight excluding hydrogens is 307 g/mol. The third-order valence-corrected chi connectivity index (χ3v) is 3.56. The fourth-order valence-corrected chi connectivity index (χ4v) is 2.24. The fraction of sp³-hybridized carbons (Fsp3) is 0.471. The molecule has 0 saturated heterocycles. The molecule has 0 atom stereocenters. The lowest BCUT2D eigenvalue weighted by molar-refractivity contribution is 0.608. The van der Waals surface area contributed by atoms with E-state index in [1.807, 2.05) is 10.6 Å². The van der Waals surface area contributed by atoms with E-state index in [2.05, 4.69) is 39.7 Å². The number of aromatic nitrogens is 3. The SMILES string of the molecule is CCCNC(=NCc1ccccc1F)NCCn1cnnc1CC. The molecule has 24 heavy (non-hydrogen) atoms. The van der Waals surface area contributed by atoms with Gasteiger partial charge in [-0.2, -0.15) is 0 Å². The second kappa shape index (κ2) is 9.64. The molecule has 0 amide bonds. The van der Waals surface area contributed by atoms with E-state index >= 15 is 0 Å². The first-order valence-electron chi connectivity index (χ1n) is 8.36. The number of rotatable bonds is 8.